The first kappa shape index (κ1) is 17.4. The van der Waals surface area contributed by atoms with E-state index in [1.54, 1.807) is 30.5 Å². The summed E-state index contributed by atoms with van der Waals surface area (Å²) in [4.78, 5) is 25.3. The summed E-state index contributed by atoms with van der Waals surface area (Å²) in [5.74, 6) is 1.50. The third-order valence-corrected chi connectivity index (χ3v) is 6.54. The van der Waals surface area contributed by atoms with Gasteiger partial charge < -0.3 is 10.6 Å². The average Bonchev–Trinajstić information content (AvgIpc) is 3.04. The van der Waals surface area contributed by atoms with E-state index in [9.17, 15) is 4.79 Å². The number of nitrogen functional groups attached to an aromatic ring is 1. The molecule has 1 unspecified atom stereocenters. The number of nitrogens with zero attached hydrogens (tertiary/aromatic N) is 4. The van der Waals surface area contributed by atoms with Gasteiger partial charge in [-0.1, -0.05) is 0 Å². The van der Waals surface area contributed by atoms with E-state index < -0.39 is 0 Å². The fourth-order valence-electron chi connectivity index (χ4n) is 4.17. The Morgan fingerprint density at radius 3 is 2.88 bits per heavy atom. The lowest BCUT2D eigenvalue weighted by molar-refractivity contribution is -0.130. The lowest BCUT2D eigenvalue weighted by Crippen LogP contribution is -2.40. The molecule has 2 aromatic rings. The Morgan fingerprint density at radius 1 is 1.42 bits per heavy atom. The molecular weight excluding hydrogens is 346 g/mol. The van der Waals surface area contributed by atoms with Crippen LogP contribution in [0.1, 0.15) is 37.6 Å². The van der Waals surface area contributed by atoms with Crippen molar-refractivity contribution in [3.8, 4) is 0 Å². The minimum atomic E-state index is 0.189. The first-order chi connectivity index (χ1) is 12.6. The molecule has 2 aromatic heterocycles. The van der Waals surface area contributed by atoms with Gasteiger partial charge in [0.1, 0.15) is 11.6 Å². The van der Waals surface area contributed by atoms with Crippen LogP contribution in [-0.4, -0.2) is 44.8 Å². The summed E-state index contributed by atoms with van der Waals surface area (Å²) >= 11 is 1.69. The Morgan fingerprint density at radius 2 is 2.23 bits per heavy atom. The molecule has 2 aliphatic rings. The van der Waals surface area contributed by atoms with Crippen molar-refractivity contribution in [2.75, 3.05) is 18.8 Å². The summed E-state index contributed by atoms with van der Waals surface area (Å²) < 4.78 is 0. The SMILES string of the molecule is CC(=O)N(Cc1ccsc1)C1CC12CCN(Cc1nccc(N)n1)CC2. The number of likely N-dealkylation sites (tertiary alicyclic amines) is 1. The van der Waals surface area contributed by atoms with Crippen LogP contribution in [0.25, 0.3) is 0 Å². The number of amides is 1. The molecule has 26 heavy (non-hydrogen) atoms. The second kappa shape index (κ2) is 6.96. The molecule has 0 bridgehead atoms. The van der Waals surface area contributed by atoms with E-state index in [1.165, 1.54) is 5.56 Å². The number of thiophene rings is 1. The maximum atomic E-state index is 12.2. The van der Waals surface area contributed by atoms with Crippen molar-refractivity contribution in [2.24, 2.45) is 5.41 Å². The summed E-state index contributed by atoms with van der Waals surface area (Å²) in [7, 11) is 0. The first-order valence-corrected chi connectivity index (χ1v) is 10.1. The molecule has 0 radical (unpaired) electrons. The highest BCUT2D eigenvalue weighted by Gasteiger charge is 2.58. The van der Waals surface area contributed by atoms with Gasteiger partial charge in [0.2, 0.25) is 5.91 Å². The number of hydrogen-bond donors (Lipinski definition) is 1. The Labute approximate surface area is 158 Å². The van der Waals surface area contributed by atoms with Crippen LogP contribution in [0.4, 0.5) is 5.82 Å². The minimum Gasteiger partial charge on any atom is -0.384 e. The van der Waals surface area contributed by atoms with Crippen LogP contribution < -0.4 is 5.73 Å². The van der Waals surface area contributed by atoms with Crippen LogP contribution >= 0.6 is 11.3 Å². The number of carbonyl (C=O) groups is 1. The predicted molar refractivity (Wildman–Crippen MR) is 102 cm³/mol. The molecule has 1 aliphatic heterocycles. The molecule has 3 heterocycles. The largest absolute Gasteiger partial charge is 0.384 e. The maximum absolute atomic E-state index is 12.2. The maximum Gasteiger partial charge on any atom is 0.220 e. The number of nitrogens with two attached hydrogens (primary N) is 1. The molecule has 138 valence electrons. The van der Waals surface area contributed by atoms with E-state index in [4.69, 9.17) is 5.73 Å². The molecule has 2 fully saturated rings. The first-order valence-electron chi connectivity index (χ1n) is 9.14. The van der Waals surface area contributed by atoms with Crippen LogP contribution in [0.15, 0.2) is 29.1 Å². The van der Waals surface area contributed by atoms with Gasteiger partial charge in [-0.15, -0.1) is 0 Å². The molecule has 1 saturated carbocycles. The summed E-state index contributed by atoms with van der Waals surface area (Å²) in [5, 5.41) is 4.21. The van der Waals surface area contributed by atoms with Crippen LogP contribution in [0, 0.1) is 5.41 Å². The van der Waals surface area contributed by atoms with Gasteiger partial charge in [0, 0.05) is 25.7 Å². The molecule has 1 amide bonds. The van der Waals surface area contributed by atoms with E-state index in [0.717, 1.165) is 51.3 Å². The molecule has 6 nitrogen and oxygen atoms in total. The van der Waals surface area contributed by atoms with E-state index in [-0.39, 0.29) is 5.91 Å². The van der Waals surface area contributed by atoms with Gasteiger partial charge >= 0.3 is 0 Å². The zero-order valence-corrected chi connectivity index (χ0v) is 15.9. The van der Waals surface area contributed by atoms with E-state index in [2.05, 4.69) is 36.6 Å². The minimum absolute atomic E-state index is 0.189. The summed E-state index contributed by atoms with van der Waals surface area (Å²) in [6.07, 6.45) is 5.12. The molecular formula is C19H25N5OS. The second-order valence-corrected chi connectivity index (χ2v) is 8.31. The lowest BCUT2D eigenvalue weighted by atomic mass is 9.92. The Hall–Kier alpha value is -1.99. The smallest absolute Gasteiger partial charge is 0.220 e. The summed E-state index contributed by atoms with van der Waals surface area (Å²) in [6.45, 7) is 5.24. The highest BCUT2D eigenvalue weighted by Crippen LogP contribution is 2.57. The van der Waals surface area contributed by atoms with E-state index in [0.29, 0.717) is 17.3 Å². The van der Waals surface area contributed by atoms with Gasteiger partial charge in [-0.05, 0) is 66.2 Å². The molecule has 1 spiro atoms. The number of anilines is 1. The van der Waals surface area contributed by atoms with Crippen molar-refractivity contribution in [2.45, 2.75) is 45.3 Å². The summed E-state index contributed by atoms with van der Waals surface area (Å²) in [6, 6.07) is 4.22. The van der Waals surface area contributed by atoms with Crippen molar-refractivity contribution < 1.29 is 4.79 Å². The van der Waals surface area contributed by atoms with Gasteiger partial charge in [-0.25, -0.2) is 9.97 Å². The fourth-order valence-corrected chi connectivity index (χ4v) is 4.83. The lowest BCUT2D eigenvalue weighted by Gasteiger charge is -2.34. The Kier molecular flexibility index (Phi) is 4.67. The molecule has 1 saturated heterocycles. The van der Waals surface area contributed by atoms with Gasteiger partial charge in [-0.2, -0.15) is 11.3 Å². The fraction of sp³-hybridized carbons (Fsp3) is 0.526. The van der Waals surface area contributed by atoms with Gasteiger partial charge in [0.25, 0.3) is 0 Å². The van der Waals surface area contributed by atoms with Crippen molar-refractivity contribution in [3.05, 3.63) is 40.5 Å². The van der Waals surface area contributed by atoms with Crippen LogP contribution in [0.3, 0.4) is 0 Å². The number of rotatable bonds is 5. The molecule has 7 heteroatoms. The molecule has 0 aromatic carbocycles. The van der Waals surface area contributed by atoms with Gasteiger partial charge in [-0.3, -0.25) is 9.69 Å². The van der Waals surface area contributed by atoms with Crippen molar-refractivity contribution in [1.82, 2.24) is 19.8 Å². The predicted octanol–water partition coefficient (Wildman–Crippen LogP) is 2.52. The zero-order chi connectivity index (χ0) is 18.1. The van der Waals surface area contributed by atoms with Crippen LogP contribution in [0.5, 0.6) is 0 Å². The normalized spacial score (nSPS) is 21.7. The quantitative estimate of drug-likeness (QED) is 0.874. The zero-order valence-electron chi connectivity index (χ0n) is 15.1. The summed E-state index contributed by atoms with van der Waals surface area (Å²) in [5.41, 5.74) is 7.30. The van der Waals surface area contributed by atoms with Crippen molar-refractivity contribution >= 4 is 23.1 Å². The standard InChI is InChI=1S/C19H25N5OS/c1-14(25)24(11-15-3-9-26-13-15)16-10-19(16)4-7-23(8-5-19)12-18-21-6-2-17(20)22-18/h2-3,6,9,13,16H,4-5,7-8,10-12H2,1H3,(H2,20,21,22). The van der Waals surface area contributed by atoms with Crippen molar-refractivity contribution in [1.29, 1.82) is 0 Å². The van der Waals surface area contributed by atoms with Gasteiger partial charge in [0.15, 0.2) is 0 Å². The van der Waals surface area contributed by atoms with E-state index in [1.807, 2.05) is 0 Å². The van der Waals surface area contributed by atoms with E-state index >= 15 is 0 Å². The molecule has 1 atom stereocenters. The highest BCUT2D eigenvalue weighted by atomic mass is 32.1. The third-order valence-electron chi connectivity index (χ3n) is 5.80. The highest BCUT2D eigenvalue weighted by molar-refractivity contribution is 7.07. The van der Waals surface area contributed by atoms with Crippen molar-refractivity contribution in [3.63, 3.8) is 0 Å². The monoisotopic (exact) mass is 371 g/mol. The number of carbonyl (C=O) groups excluding carboxylic acids is 1. The van der Waals surface area contributed by atoms with Gasteiger partial charge in [0.05, 0.1) is 6.54 Å². The average molecular weight is 372 g/mol. The Bertz CT molecular complexity index is 770. The Balaban J connectivity index is 1.35. The second-order valence-electron chi connectivity index (χ2n) is 7.53. The third kappa shape index (κ3) is 3.59. The topological polar surface area (TPSA) is 75.4 Å². The molecule has 2 N–H and O–H groups in total. The molecule has 1 aliphatic carbocycles. The number of aromatic nitrogens is 2. The van der Waals surface area contributed by atoms with Crippen LogP contribution in [-0.2, 0) is 17.9 Å². The number of piperidine rings is 1. The number of hydrogen-bond acceptors (Lipinski definition) is 6. The molecule has 4 rings (SSSR count). The van der Waals surface area contributed by atoms with Crippen LogP contribution in [0.2, 0.25) is 0 Å².